The molecular formula is C34H32N4O2S. The van der Waals surface area contributed by atoms with Crippen molar-refractivity contribution in [2.75, 3.05) is 12.0 Å². The molecular weight excluding hydrogens is 528 g/mol. The number of nitrogens with zero attached hydrogens (tertiary/aromatic N) is 3. The Morgan fingerprint density at radius 3 is 2.20 bits per heavy atom. The molecule has 1 aliphatic rings. The third-order valence-corrected chi connectivity index (χ3v) is 7.88. The fourth-order valence-corrected chi connectivity index (χ4v) is 5.95. The van der Waals surface area contributed by atoms with Crippen molar-refractivity contribution >= 4 is 23.0 Å². The monoisotopic (exact) mass is 560 g/mol. The third-order valence-electron chi connectivity index (χ3n) is 7.57. The van der Waals surface area contributed by atoms with Gasteiger partial charge in [-0.3, -0.25) is 4.98 Å². The molecule has 0 saturated carbocycles. The number of methoxy groups -OCH3 is 1. The Balaban J connectivity index is 1.40. The fraction of sp³-hybridized carbons (Fsp3) is 0.176. The van der Waals surface area contributed by atoms with Gasteiger partial charge in [0.05, 0.1) is 24.9 Å². The van der Waals surface area contributed by atoms with Crippen molar-refractivity contribution < 1.29 is 9.47 Å². The summed E-state index contributed by atoms with van der Waals surface area (Å²) in [4.78, 5) is 6.91. The maximum Gasteiger partial charge on any atom is 0.174 e. The summed E-state index contributed by atoms with van der Waals surface area (Å²) in [5.74, 6) is 2.39. The van der Waals surface area contributed by atoms with Crippen LogP contribution in [0.1, 0.15) is 40.3 Å². The van der Waals surface area contributed by atoms with Crippen LogP contribution in [-0.2, 0) is 0 Å². The number of nitrogens with one attached hydrogen (secondary N) is 1. The number of aromatic nitrogens is 2. The average Bonchev–Trinajstić information content (AvgIpc) is 3.49. The van der Waals surface area contributed by atoms with Gasteiger partial charge in [0.25, 0.3) is 0 Å². The van der Waals surface area contributed by atoms with E-state index in [-0.39, 0.29) is 12.1 Å². The highest BCUT2D eigenvalue weighted by Crippen LogP contribution is 2.44. The predicted octanol–water partition coefficient (Wildman–Crippen LogP) is 7.78. The Kier molecular flexibility index (Phi) is 7.20. The van der Waals surface area contributed by atoms with Crippen LogP contribution in [0.25, 0.3) is 5.69 Å². The molecule has 2 unspecified atom stereocenters. The van der Waals surface area contributed by atoms with E-state index in [2.05, 4.69) is 72.0 Å². The van der Waals surface area contributed by atoms with Gasteiger partial charge in [0, 0.05) is 35.0 Å². The van der Waals surface area contributed by atoms with E-state index >= 15 is 0 Å². The Bertz CT molecular complexity index is 1680. The number of hydrogen-bond acceptors (Lipinski definition) is 4. The van der Waals surface area contributed by atoms with E-state index in [0.29, 0.717) is 5.11 Å². The topological polar surface area (TPSA) is 51.5 Å². The molecule has 0 aliphatic carbocycles. The fourth-order valence-electron chi connectivity index (χ4n) is 5.60. The molecule has 2 aromatic heterocycles. The van der Waals surface area contributed by atoms with Crippen molar-refractivity contribution in [3.63, 3.8) is 0 Å². The SMILES string of the molecule is COc1cccc(-n2c(C)cc(C3C(c4ccccn4)NC(=S)N3c3ccc(Oc4ccc(C)cc4)cc3)c2C)c1. The van der Waals surface area contributed by atoms with E-state index in [1.54, 1.807) is 7.11 Å². The van der Waals surface area contributed by atoms with E-state index in [0.717, 1.165) is 45.7 Å². The molecule has 6 rings (SSSR count). The molecule has 3 heterocycles. The molecule has 1 fully saturated rings. The number of hydrogen-bond donors (Lipinski definition) is 1. The highest BCUT2D eigenvalue weighted by atomic mass is 32.1. The minimum absolute atomic E-state index is 0.119. The van der Waals surface area contributed by atoms with Crippen LogP contribution in [-0.4, -0.2) is 21.8 Å². The smallest absolute Gasteiger partial charge is 0.174 e. The van der Waals surface area contributed by atoms with Crippen LogP contribution in [0.3, 0.4) is 0 Å². The van der Waals surface area contributed by atoms with Gasteiger partial charge in [-0.15, -0.1) is 0 Å². The minimum atomic E-state index is -0.133. The van der Waals surface area contributed by atoms with Gasteiger partial charge in [-0.1, -0.05) is 29.8 Å². The van der Waals surface area contributed by atoms with E-state index in [9.17, 15) is 0 Å². The Labute approximate surface area is 246 Å². The maximum absolute atomic E-state index is 6.10. The molecule has 0 bridgehead atoms. The second-order valence-corrected chi connectivity index (χ2v) is 10.7. The summed E-state index contributed by atoms with van der Waals surface area (Å²) in [6.07, 6.45) is 1.83. The molecule has 206 valence electrons. The lowest BCUT2D eigenvalue weighted by Gasteiger charge is -2.28. The van der Waals surface area contributed by atoms with Crippen molar-refractivity contribution in [1.82, 2.24) is 14.9 Å². The second-order valence-electron chi connectivity index (χ2n) is 10.3. The zero-order valence-corrected chi connectivity index (χ0v) is 24.4. The molecule has 1 N–H and O–H groups in total. The van der Waals surface area contributed by atoms with Crippen molar-refractivity contribution in [3.05, 3.63) is 131 Å². The highest BCUT2D eigenvalue weighted by molar-refractivity contribution is 7.80. The summed E-state index contributed by atoms with van der Waals surface area (Å²) < 4.78 is 13.9. The molecule has 3 aromatic carbocycles. The summed E-state index contributed by atoms with van der Waals surface area (Å²) in [6.45, 7) is 6.36. The largest absolute Gasteiger partial charge is 0.497 e. The average molecular weight is 561 g/mol. The number of benzene rings is 3. The van der Waals surface area contributed by atoms with E-state index in [4.69, 9.17) is 26.7 Å². The number of pyridine rings is 1. The van der Waals surface area contributed by atoms with Crippen LogP contribution in [0.5, 0.6) is 17.2 Å². The summed E-state index contributed by atoms with van der Waals surface area (Å²) in [6, 6.07) is 32.3. The number of rotatable bonds is 7. The number of anilines is 1. The van der Waals surface area contributed by atoms with Gasteiger partial charge >= 0.3 is 0 Å². The third kappa shape index (κ3) is 5.16. The van der Waals surface area contributed by atoms with Crippen LogP contribution in [0.2, 0.25) is 0 Å². The zero-order chi connectivity index (χ0) is 28.5. The van der Waals surface area contributed by atoms with E-state index < -0.39 is 0 Å². The first-order valence-corrected chi connectivity index (χ1v) is 14.0. The molecule has 0 amide bonds. The summed E-state index contributed by atoms with van der Waals surface area (Å²) in [5.41, 5.74) is 7.61. The Hall–Kier alpha value is -4.62. The zero-order valence-electron chi connectivity index (χ0n) is 23.5. The predicted molar refractivity (Wildman–Crippen MR) is 167 cm³/mol. The van der Waals surface area contributed by atoms with Crippen molar-refractivity contribution in [3.8, 4) is 22.9 Å². The minimum Gasteiger partial charge on any atom is -0.497 e. The molecule has 1 saturated heterocycles. The molecule has 0 spiro atoms. The maximum atomic E-state index is 6.10. The second kappa shape index (κ2) is 11.1. The lowest BCUT2D eigenvalue weighted by Crippen LogP contribution is -2.29. The van der Waals surface area contributed by atoms with Crippen LogP contribution in [0, 0.1) is 20.8 Å². The molecule has 2 atom stereocenters. The normalized spacial score (nSPS) is 16.5. The first-order chi connectivity index (χ1) is 19.9. The van der Waals surface area contributed by atoms with Crippen LogP contribution < -0.4 is 19.7 Å². The van der Waals surface area contributed by atoms with Crippen molar-refractivity contribution in [1.29, 1.82) is 0 Å². The highest BCUT2D eigenvalue weighted by Gasteiger charge is 2.42. The van der Waals surface area contributed by atoms with Gasteiger partial charge in [0.15, 0.2) is 5.11 Å². The molecule has 6 nitrogen and oxygen atoms in total. The summed E-state index contributed by atoms with van der Waals surface area (Å²) in [5, 5.41) is 4.23. The van der Waals surface area contributed by atoms with Gasteiger partial charge < -0.3 is 24.3 Å². The molecule has 5 aromatic rings. The van der Waals surface area contributed by atoms with E-state index in [1.165, 1.54) is 11.1 Å². The standard InChI is InChI=1S/C34H32N4O2S/c1-22-11-15-27(16-12-22)40-28-17-13-25(14-18-28)38-33(32(36-34(38)41)31-10-5-6-19-35-31)30-20-23(2)37(24(30)3)26-8-7-9-29(21-26)39-4/h5-21,32-33H,1-4H3,(H,36,41). The van der Waals surface area contributed by atoms with Gasteiger partial charge in [-0.2, -0.15) is 0 Å². The van der Waals surface area contributed by atoms with Gasteiger partial charge in [0.1, 0.15) is 17.2 Å². The Morgan fingerprint density at radius 1 is 0.780 bits per heavy atom. The first kappa shape index (κ1) is 26.6. The number of ether oxygens (including phenoxy) is 2. The van der Waals surface area contributed by atoms with Crippen LogP contribution in [0.15, 0.2) is 103 Å². The Morgan fingerprint density at radius 2 is 1.51 bits per heavy atom. The van der Waals surface area contributed by atoms with Crippen molar-refractivity contribution in [2.45, 2.75) is 32.9 Å². The van der Waals surface area contributed by atoms with Gasteiger partial charge in [0.2, 0.25) is 0 Å². The van der Waals surface area contributed by atoms with Gasteiger partial charge in [-0.05, 0) is 105 Å². The molecule has 0 radical (unpaired) electrons. The van der Waals surface area contributed by atoms with Crippen LogP contribution >= 0.6 is 12.2 Å². The van der Waals surface area contributed by atoms with E-state index in [1.807, 2.05) is 66.9 Å². The quantitative estimate of drug-likeness (QED) is 0.205. The first-order valence-electron chi connectivity index (χ1n) is 13.6. The van der Waals surface area contributed by atoms with Crippen molar-refractivity contribution in [2.24, 2.45) is 0 Å². The molecule has 1 aliphatic heterocycles. The number of aryl methyl sites for hydroxylation is 2. The number of thiocarbonyl (C=S) groups is 1. The summed E-state index contributed by atoms with van der Waals surface area (Å²) >= 11 is 5.97. The molecule has 41 heavy (non-hydrogen) atoms. The van der Waals surface area contributed by atoms with Crippen LogP contribution in [0.4, 0.5) is 5.69 Å². The lowest BCUT2D eigenvalue weighted by molar-refractivity contribution is 0.414. The van der Waals surface area contributed by atoms with Gasteiger partial charge in [-0.25, -0.2) is 0 Å². The summed E-state index contributed by atoms with van der Waals surface area (Å²) in [7, 11) is 1.69. The molecule has 7 heteroatoms. The lowest BCUT2D eigenvalue weighted by atomic mass is 9.96.